The summed E-state index contributed by atoms with van der Waals surface area (Å²) in [5.41, 5.74) is 2.72. The van der Waals surface area contributed by atoms with E-state index in [1.807, 2.05) is 44.2 Å². The summed E-state index contributed by atoms with van der Waals surface area (Å²) in [6, 6.07) is 17.5. The Kier molecular flexibility index (Phi) is 7.31. The lowest BCUT2D eigenvalue weighted by atomic mass is 9.95. The first-order valence-electron chi connectivity index (χ1n) is 11.2. The average molecular weight is 514 g/mol. The lowest BCUT2D eigenvalue weighted by molar-refractivity contribution is -0.147. The Hall–Kier alpha value is -3.13. The van der Waals surface area contributed by atoms with Gasteiger partial charge in [-0.1, -0.05) is 53.2 Å². The number of halogens is 2. The number of aliphatic carboxylic acids is 1. The van der Waals surface area contributed by atoms with Crippen molar-refractivity contribution in [1.82, 2.24) is 15.0 Å². The first-order chi connectivity index (χ1) is 16.4. The fourth-order valence-electron chi connectivity index (χ4n) is 4.22. The Bertz CT molecular complexity index is 1370. The van der Waals surface area contributed by atoms with Crippen molar-refractivity contribution < 1.29 is 19.2 Å². The van der Waals surface area contributed by atoms with Crippen LogP contribution >= 0.6 is 24.0 Å². The van der Waals surface area contributed by atoms with E-state index in [2.05, 4.69) is 27.2 Å². The molecule has 1 aliphatic heterocycles. The predicted molar refractivity (Wildman–Crippen MR) is 137 cm³/mol. The number of aromatic nitrogens is 2. The van der Waals surface area contributed by atoms with Crippen LogP contribution in [-0.2, 0) is 11.3 Å². The van der Waals surface area contributed by atoms with E-state index in [1.165, 1.54) is 0 Å². The first kappa shape index (κ1) is 25.0. The van der Waals surface area contributed by atoms with E-state index in [1.54, 1.807) is 12.1 Å². The number of nitrogens with zero attached hydrogens (tertiary/aromatic N) is 3. The van der Waals surface area contributed by atoms with Crippen molar-refractivity contribution in [3.8, 4) is 28.6 Å². The van der Waals surface area contributed by atoms with Gasteiger partial charge < -0.3 is 14.4 Å². The molecule has 2 heterocycles. The minimum absolute atomic E-state index is 0. The Morgan fingerprint density at radius 3 is 2.60 bits per heavy atom. The van der Waals surface area contributed by atoms with E-state index in [-0.39, 0.29) is 24.4 Å². The fourth-order valence-corrected chi connectivity index (χ4v) is 4.45. The van der Waals surface area contributed by atoms with Crippen LogP contribution in [0.4, 0.5) is 0 Å². The number of carbonyl (C=O) groups is 1. The summed E-state index contributed by atoms with van der Waals surface area (Å²) < 4.78 is 11.3. The highest BCUT2D eigenvalue weighted by Crippen LogP contribution is 2.34. The van der Waals surface area contributed by atoms with Gasteiger partial charge in [0.25, 0.3) is 5.89 Å². The third-order valence-corrected chi connectivity index (χ3v) is 6.22. The minimum Gasteiger partial charge on any atom is -0.489 e. The lowest BCUT2D eigenvalue weighted by Gasteiger charge is -2.36. The molecule has 0 spiro atoms. The topological polar surface area (TPSA) is 88.7 Å². The van der Waals surface area contributed by atoms with Crippen LogP contribution < -0.4 is 4.74 Å². The van der Waals surface area contributed by atoms with E-state index in [0.717, 1.165) is 21.9 Å². The molecular formula is C26H25Cl2N3O4. The van der Waals surface area contributed by atoms with Gasteiger partial charge in [-0.05, 0) is 48.4 Å². The average Bonchev–Trinajstić information content (AvgIpc) is 3.26. The van der Waals surface area contributed by atoms with Crippen molar-refractivity contribution in [1.29, 1.82) is 0 Å². The molecule has 3 aromatic carbocycles. The van der Waals surface area contributed by atoms with Gasteiger partial charge in [0, 0.05) is 30.8 Å². The zero-order valence-corrected chi connectivity index (χ0v) is 20.8. The molecule has 1 fully saturated rings. The second-order valence-corrected chi connectivity index (χ2v) is 9.19. The maximum atomic E-state index is 11.1. The number of ether oxygens (including phenoxy) is 1. The Morgan fingerprint density at radius 1 is 1.17 bits per heavy atom. The van der Waals surface area contributed by atoms with Crippen LogP contribution in [0.3, 0.4) is 0 Å². The predicted octanol–water partition coefficient (Wildman–Crippen LogP) is 5.94. The Balaban J connectivity index is 0.00000289. The highest BCUT2D eigenvalue weighted by Gasteiger charge is 2.32. The van der Waals surface area contributed by atoms with Gasteiger partial charge in [-0.2, -0.15) is 4.98 Å². The third kappa shape index (κ3) is 5.12. The molecule has 1 N–H and O–H groups in total. The molecular weight excluding hydrogens is 489 g/mol. The summed E-state index contributed by atoms with van der Waals surface area (Å²) in [6.45, 7) is 5.73. The largest absolute Gasteiger partial charge is 0.489 e. The monoisotopic (exact) mass is 513 g/mol. The first-order valence-corrected chi connectivity index (χ1v) is 11.5. The van der Waals surface area contributed by atoms with E-state index in [4.69, 9.17) is 26.0 Å². The molecule has 5 rings (SSSR count). The maximum absolute atomic E-state index is 11.1. The minimum atomic E-state index is -0.729. The van der Waals surface area contributed by atoms with Crippen molar-refractivity contribution in [3.05, 3.63) is 65.2 Å². The number of hydrogen-bond donors (Lipinski definition) is 1. The molecule has 0 unspecified atom stereocenters. The van der Waals surface area contributed by atoms with Crippen molar-refractivity contribution in [3.63, 3.8) is 0 Å². The zero-order valence-electron chi connectivity index (χ0n) is 19.3. The fraction of sp³-hybridized carbons (Fsp3) is 0.269. The SMILES string of the molecule is CC(C)Oc1ccc(-c2nc(-c3ccc(CN4CC(C(=O)O)C4)c4ccccc34)no2)cc1Cl.Cl. The molecule has 1 saturated heterocycles. The number of likely N-dealkylation sites (tertiary alicyclic amines) is 1. The van der Waals surface area contributed by atoms with Crippen LogP contribution in [0.15, 0.2) is 59.1 Å². The van der Waals surface area contributed by atoms with E-state index in [0.29, 0.717) is 47.7 Å². The number of benzene rings is 3. The highest BCUT2D eigenvalue weighted by molar-refractivity contribution is 6.32. The molecule has 1 aliphatic rings. The molecule has 0 saturated carbocycles. The summed E-state index contributed by atoms with van der Waals surface area (Å²) in [5, 5.41) is 15.9. The van der Waals surface area contributed by atoms with Gasteiger partial charge in [0.2, 0.25) is 5.82 Å². The van der Waals surface area contributed by atoms with Gasteiger partial charge >= 0.3 is 5.97 Å². The van der Waals surface area contributed by atoms with Crippen molar-refractivity contribution in [2.45, 2.75) is 26.5 Å². The van der Waals surface area contributed by atoms with Crippen molar-refractivity contribution >= 4 is 40.7 Å². The molecule has 0 bridgehead atoms. The molecule has 35 heavy (non-hydrogen) atoms. The number of carboxylic acid groups (broad SMARTS) is 1. The van der Waals surface area contributed by atoms with Crippen LogP contribution in [-0.4, -0.2) is 45.3 Å². The van der Waals surface area contributed by atoms with Crippen LogP contribution in [0, 0.1) is 5.92 Å². The molecule has 4 aromatic rings. The molecule has 0 aliphatic carbocycles. The Morgan fingerprint density at radius 2 is 1.91 bits per heavy atom. The smallest absolute Gasteiger partial charge is 0.309 e. The highest BCUT2D eigenvalue weighted by atomic mass is 35.5. The second-order valence-electron chi connectivity index (χ2n) is 8.78. The van der Waals surface area contributed by atoms with Gasteiger partial charge in [0.15, 0.2) is 0 Å². The van der Waals surface area contributed by atoms with Crippen molar-refractivity contribution in [2.75, 3.05) is 13.1 Å². The summed E-state index contributed by atoms with van der Waals surface area (Å²) in [7, 11) is 0. The number of hydrogen-bond acceptors (Lipinski definition) is 6. The molecule has 7 nitrogen and oxygen atoms in total. The third-order valence-electron chi connectivity index (χ3n) is 5.92. The van der Waals surface area contributed by atoms with E-state index in [9.17, 15) is 4.79 Å². The van der Waals surface area contributed by atoms with Crippen molar-refractivity contribution in [2.24, 2.45) is 5.92 Å². The quantitative estimate of drug-likeness (QED) is 0.327. The van der Waals surface area contributed by atoms with E-state index >= 15 is 0 Å². The van der Waals surface area contributed by atoms with E-state index < -0.39 is 5.97 Å². The molecule has 0 atom stereocenters. The van der Waals surface area contributed by atoms with Gasteiger partial charge in [-0.15, -0.1) is 12.4 Å². The zero-order chi connectivity index (χ0) is 23.8. The van der Waals surface area contributed by atoms with Gasteiger partial charge in [0.05, 0.1) is 17.0 Å². The van der Waals surface area contributed by atoms with Crippen LogP contribution in [0.2, 0.25) is 5.02 Å². The molecule has 182 valence electrons. The van der Waals surface area contributed by atoms with Gasteiger partial charge in [-0.3, -0.25) is 9.69 Å². The van der Waals surface area contributed by atoms with Gasteiger partial charge in [0.1, 0.15) is 5.75 Å². The van der Waals surface area contributed by atoms with Crippen LogP contribution in [0.1, 0.15) is 19.4 Å². The number of carboxylic acids is 1. The lowest BCUT2D eigenvalue weighted by Crippen LogP contribution is -2.49. The van der Waals surface area contributed by atoms with Crippen LogP contribution in [0.25, 0.3) is 33.6 Å². The molecule has 9 heteroatoms. The molecule has 0 radical (unpaired) electrons. The van der Waals surface area contributed by atoms with Gasteiger partial charge in [-0.25, -0.2) is 0 Å². The summed E-state index contributed by atoms with van der Waals surface area (Å²) in [4.78, 5) is 17.9. The number of rotatable bonds is 7. The normalized spacial score (nSPS) is 14.1. The summed E-state index contributed by atoms with van der Waals surface area (Å²) >= 11 is 6.38. The standard InChI is InChI=1S/C26H24ClN3O4.ClH/c1-15(2)33-23-10-8-16(11-22(23)27)25-28-24(29-34-25)21-9-7-17(19-5-3-4-6-20(19)21)12-30-13-18(14-30)26(31)32;/h3-11,15,18H,12-14H2,1-2H3,(H,31,32);1H. The summed E-state index contributed by atoms with van der Waals surface area (Å²) in [5.74, 6) is 0.474. The second kappa shape index (κ2) is 10.2. The molecule has 0 amide bonds. The Labute approximate surface area is 214 Å². The molecule has 1 aromatic heterocycles. The summed E-state index contributed by atoms with van der Waals surface area (Å²) in [6.07, 6.45) is 0.0225. The van der Waals surface area contributed by atoms with Crippen LogP contribution in [0.5, 0.6) is 5.75 Å². The number of fused-ring (bicyclic) bond motifs is 1. The maximum Gasteiger partial charge on any atom is 0.309 e.